The fourth-order valence-corrected chi connectivity index (χ4v) is 3.11. The van der Waals surface area contributed by atoms with Crippen LogP contribution in [-0.2, 0) is 22.4 Å². The van der Waals surface area contributed by atoms with Crippen molar-refractivity contribution in [1.82, 2.24) is 0 Å². The van der Waals surface area contributed by atoms with E-state index in [0.29, 0.717) is 11.8 Å². The number of hydrogen-bond donors (Lipinski definition) is 2. The van der Waals surface area contributed by atoms with Crippen molar-refractivity contribution in [3.8, 4) is 0 Å². The number of carboxylic acid groups (broad SMARTS) is 2. The first-order valence-corrected chi connectivity index (χ1v) is 10.6. The molecule has 0 aliphatic carbocycles. The van der Waals surface area contributed by atoms with E-state index >= 15 is 0 Å². The Hall–Kier alpha value is -2.62. The minimum atomic E-state index is -0.772. The number of carboxylic acids is 2. The van der Waals surface area contributed by atoms with Crippen molar-refractivity contribution in [2.75, 3.05) is 0 Å². The van der Waals surface area contributed by atoms with Crippen molar-refractivity contribution in [3.63, 3.8) is 0 Å². The van der Waals surface area contributed by atoms with E-state index in [1.165, 1.54) is 11.1 Å². The lowest BCUT2D eigenvalue weighted by Gasteiger charge is -2.09. The van der Waals surface area contributed by atoms with E-state index in [-0.39, 0.29) is 0 Å². The molecule has 2 aromatic carbocycles. The van der Waals surface area contributed by atoms with E-state index in [1.807, 2.05) is 48.5 Å². The third-order valence-corrected chi connectivity index (χ3v) is 4.99. The zero-order valence-corrected chi connectivity index (χ0v) is 19.1. The van der Waals surface area contributed by atoms with Gasteiger partial charge in [-0.15, -0.1) is 0 Å². The maximum atomic E-state index is 10.8. The summed E-state index contributed by atoms with van der Waals surface area (Å²) in [5.74, 6) is -1.12. The normalized spacial score (nSPS) is 12.8. The van der Waals surface area contributed by atoms with Crippen LogP contribution in [0.4, 0.5) is 0 Å². The molecule has 0 aliphatic rings. The van der Waals surface area contributed by atoms with Crippen molar-refractivity contribution in [1.29, 1.82) is 0 Å². The molecule has 0 unspecified atom stereocenters. The highest BCUT2D eigenvalue weighted by molar-refractivity contribution is 5.75. The molecular weight excluding hydrogens is 376 g/mol. The Morgan fingerprint density at radius 2 is 0.867 bits per heavy atom. The number of hydrogen-bond acceptors (Lipinski definition) is 2. The molecule has 0 aliphatic heterocycles. The second-order valence-electron chi connectivity index (χ2n) is 8.80. The molecule has 0 fully saturated rings. The summed E-state index contributed by atoms with van der Waals surface area (Å²) in [7, 11) is 0. The summed E-state index contributed by atoms with van der Waals surface area (Å²) in [5, 5.41) is 17.7. The Morgan fingerprint density at radius 3 is 1.07 bits per heavy atom. The highest BCUT2D eigenvalue weighted by Gasteiger charge is 2.13. The molecule has 2 rings (SSSR count). The third kappa shape index (κ3) is 8.81. The van der Waals surface area contributed by atoms with Crippen LogP contribution in [0.25, 0.3) is 0 Å². The smallest absolute Gasteiger partial charge is 0.310 e. The van der Waals surface area contributed by atoms with Gasteiger partial charge in [-0.3, -0.25) is 9.59 Å². The van der Waals surface area contributed by atoms with E-state index < -0.39 is 23.8 Å². The van der Waals surface area contributed by atoms with Gasteiger partial charge < -0.3 is 10.2 Å². The molecule has 0 saturated carbocycles. The number of rotatable bonds is 8. The first kappa shape index (κ1) is 25.4. The van der Waals surface area contributed by atoms with Crippen LogP contribution in [0.15, 0.2) is 48.5 Å². The standard InChI is InChI=1S/2C13H18O2/c2*1-9(2)8-11-4-6-12(7-5-11)10(3)13(14)15/h2*4-7,9-10H,8H2,1-3H3,(H,14,15)/t2*10-/m10/s1. The van der Waals surface area contributed by atoms with Gasteiger partial charge in [-0.05, 0) is 60.8 Å². The van der Waals surface area contributed by atoms with Gasteiger partial charge in [-0.25, -0.2) is 0 Å². The van der Waals surface area contributed by atoms with Gasteiger partial charge in [0.1, 0.15) is 0 Å². The summed E-state index contributed by atoms with van der Waals surface area (Å²) in [4.78, 5) is 21.5. The number of aliphatic carboxylic acids is 2. The van der Waals surface area contributed by atoms with E-state index in [4.69, 9.17) is 10.2 Å². The van der Waals surface area contributed by atoms with E-state index in [9.17, 15) is 9.59 Å². The first-order chi connectivity index (χ1) is 14.0. The van der Waals surface area contributed by atoms with Gasteiger partial charge in [-0.2, -0.15) is 0 Å². The Labute approximate surface area is 181 Å². The molecule has 0 bridgehead atoms. The zero-order chi connectivity index (χ0) is 22.8. The Morgan fingerprint density at radius 1 is 0.600 bits per heavy atom. The van der Waals surface area contributed by atoms with Crippen LogP contribution in [-0.4, -0.2) is 22.2 Å². The summed E-state index contributed by atoms with van der Waals surface area (Å²) in [6, 6.07) is 15.7. The van der Waals surface area contributed by atoms with Crippen molar-refractivity contribution in [3.05, 3.63) is 70.8 Å². The maximum Gasteiger partial charge on any atom is 0.310 e. The third-order valence-electron chi connectivity index (χ3n) is 4.99. The predicted molar refractivity (Wildman–Crippen MR) is 122 cm³/mol. The first-order valence-electron chi connectivity index (χ1n) is 10.6. The van der Waals surface area contributed by atoms with Crippen LogP contribution < -0.4 is 0 Å². The average molecular weight is 413 g/mol. The van der Waals surface area contributed by atoms with Crippen molar-refractivity contribution in [2.45, 2.75) is 66.2 Å². The van der Waals surface area contributed by atoms with Crippen molar-refractivity contribution < 1.29 is 19.8 Å². The molecule has 4 heteroatoms. The minimum absolute atomic E-state index is 0.418. The van der Waals surface area contributed by atoms with Gasteiger partial charge in [0, 0.05) is 0 Å². The van der Waals surface area contributed by atoms with Crippen LogP contribution >= 0.6 is 0 Å². The Bertz CT molecular complexity index is 719. The molecule has 0 radical (unpaired) electrons. The molecule has 0 heterocycles. The lowest BCUT2D eigenvalue weighted by molar-refractivity contribution is -0.139. The largest absolute Gasteiger partial charge is 0.481 e. The second-order valence-corrected chi connectivity index (χ2v) is 8.80. The van der Waals surface area contributed by atoms with Crippen LogP contribution in [0.2, 0.25) is 0 Å². The quantitative estimate of drug-likeness (QED) is 0.545. The monoisotopic (exact) mass is 412 g/mol. The highest BCUT2D eigenvalue weighted by atomic mass is 16.4. The van der Waals surface area contributed by atoms with Crippen molar-refractivity contribution in [2.24, 2.45) is 11.8 Å². The minimum Gasteiger partial charge on any atom is -0.481 e. The molecule has 2 N–H and O–H groups in total. The SMILES string of the molecule is CC(C)Cc1ccc([C@@H](C)C(=O)O)cc1.CC(C)Cc1ccc([C@H](C)C(=O)O)cc1. The molecule has 2 aromatic rings. The maximum absolute atomic E-state index is 10.8. The molecule has 0 aromatic heterocycles. The Kier molecular flexibility index (Phi) is 10.3. The molecular formula is C26H36O4. The topological polar surface area (TPSA) is 74.6 Å². The summed E-state index contributed by atoms with van der Waals surface area (Å²) >= 11 is 0. The molecule has 0 amide bonds. The lowest BCUT2D eigenvalue weighted by atomic mass is 9.97. The van der Waals surface area contributed by atoms with Gasteiger partial charge in [0.15, 0.2) is 0 Å². The van der Waals surface area contributed by atoms with Gasteiger partial charge in [0.25, 0.3) is 0 Å². The highest BCUT2D eigenvalue weighted by Crippen LogP contribution is 2.18. The summed E-state index contributed by atoms with van der Waals surface area (Å²) in [5.41, 5.74) is 4.28. The van der Waals surface area contributed by atoms with Gasteiger partial charge in [-0.1, -0.05) is 76.2 Å². The van der Waals surface area contributed by atoms with E-state index in [0.717, 1.165) is 24.0 Å². The van der Waals surface area contributed by atoms with Crippen LogP contribution in [0.3, 0.4) is 0 Å². The lowest BCUT2D eigenvalue weighted by Crippen LogP contribution is -2.07. The van der Waals surface area contributed by atoms with Gasteiger partial charge >= 0.3 is 11.9 Å². The van der Waals surface area contributed by atoms with Crippen LogP contribution in [0.5, 0.6) is 0 Å². The summed E-state index contributed by atoms with van der Waals surface area (Å²) in [6.45, 7) is 12.1. The average Bonchev–Trinajstić information content (AvgIpc) is 2.67. The molecule has 0 saturated heterocycles. The molecule has 4 nitrogen and oxygen atoms in total. The predicted octanol–water partition coefficient (Wildman–Crippen LogP) is 6.15. The van der Waals surface area contributed by atoms with Gasteiger partial charge in [0.05, 0.1) is 11.8 Å². The summed E-state index contributed by atoms with van der Waals surface area (Å²) < 4.78 is 0. The second kappa shape index (κ2) is 12.2. The zero-order valence-electron chi connectivity index (χ0n) is 19.1. The fourth-order valence-electron chi connectivity index (χ4n) is 3.11. The van der Waals surface area contributed by atoms with Crippen LogP contribution in [0.1, 0.15) is 75.6 Å². The molecule has 30 heavy (non-hydrogen) atoms. The van der Waals surface area contributed by atoms with E-state index in [1.54, 1.807) is 13.8 Å². The van der Waals surface area contributed by atoms with Crippen molar-refractivity contribution >= 4 is 11.9 Å². The fraction of sp³-hybridized carbons (Fsp3) is 0.462. The Balaban J connectivity index is 0.000000300. The number of benzene rings is 2. The number of carbonyl (C=O) groups is 2. The van der Waals surface area contributed by atoms with E-state index in [2.05, 4.69) is 27.7 Å². The molecule has 2 atom stereocenters. The molecule has 164 valence electrons. The van der Waals surface area contributed by atoms with Crippen LogP contribution in [0, 0.1) is 11.8 Å². The summed E-state index contributed by atoms with van der Waals surface area (Å²) in [6.07, 6.45) is 2.09. The van der Waals surface area contributed by atoms with Gasteiger partial charge in [0.2, 0.25) is 0 Å². The molecule has 0 spiro atoms.